The number of hydrogen-bond acceptors (Lipinski definition) is 5. The molecule has 0 aliphatic carbocycles. The molecule has 6 heteroatoms. The monoisotopic (exact) mass is 259 g/mol. The first-order chi connectivity index (χ1) is 8.11. The lowest BCUT2D eigenvalue weighted by Crippen LogP contribution is -2.14. The Labute approximate surface area is 107 Å². The summed E-state index contributed by atoms with van der Waals surface area (Å²) in [6, 6.07) is 1.68. The predicted octanol–water partition coefficient (Wildman–Crippen LogP) is 2.11. The number of rotatable bonds is 7. The molecule has 96 valence electrons. The van der Waals surface area contributed by atoms with E-state index in [1.807, 2.05) is 13.8 Å². The third kappa shape index (κ3) is 5.81. The van der Waals surface area contributed by atoms with Crippen LogP contribution in [0.15, 0.2) is 6.07 Å². The van der Waals surface area contributed by atoms with Gasteiger partial charge in [0.15, 0.2) is 5.82 Å². The fourth-order valence-electron chi connectivity index (χ4n) is 1.22. The first-order valence-electron chi connectivity index (χ1n) is 5.49. The normalized spacial score (nSPS) is 10.9. The minimum absolute atomic E-state index is 0.231. The molecule has 0 bridgehead atoms. The number of nitrogens with zero attached hydrogens (tertiary/aromatic N) is 2. The second-order valence-electron chi connectivity index (χ2n) is 3.77. The van der Waals surface area contributed by atoms with Crippen molar-refractivity contribution in [1.29, 1.82) is 0 Å². The quantitative estimate of drug-likeness (QED) is 0.600. The molecule has 1 aromatic heterocycles. The molecule has 1 aromatic rings. The van der Waals surface area contributed by atoms with Gasteiger partial charge in [-0.2, -0.15) is 0 Å². The van der Waals surface area contributed by atoms with Crippen molar-refractivity contribution in [3.8, 4) is 0 Å². The number of anilines is 1. The minimum atomic E-state index is 0.231. The van der Waals surface area contributed by atoms with Gasteiger partial charge in [-0.15, -0.1) is 0 Å². The van der Waals surface area contributed by atoms with Crippen LogP contribution < -0.4 is 5.32 Å². The van der Waals surface area contributed by atoms with Gasteiger partial charge in [-0.25, -0.2) is 9.97 Å². The zero-order valence-electron chi connectivity index (χ0n) is 10.4. The maximum absolute atomic E-state index is 5.87. The fourth-order valence-corrected chi connectivity index (χ4v) is 1.42. The number of methoxy groups -OCH3 is 1. The zero-order chi connectivity index (χ0) is 12.7. The van der Waals surface area contributed by atoms with E-state index in [-0.39, 0.29) is 6.10 Å². The molecule has 5 nitrogen and oxygen atoms in total. The van der Waals surface area contributed by atoms with Crippen molar-refractivity contribution in [3.05, 3.63) is 17.0 Å². The molecular formula is C11H18ClN3O2. The highest BCUT2D eigenvalue weighted by molar-refractivity contribution is 6.29. The van der Waals surface area contributed by atoms with Gasteiger partial charge in [-0.1, -0.05) is 11.6 Å². The largest absolute Gasteiger partial charge is 0.377 e. The van der Waals surface area contributed by atoms with Crippen molar-refractivity contribution in [1.82, 2.24) is 9.97 Å². The lowest BCUT2D eigenvalue weighted by molar-refractivity contribution is 0.0870. The molecule has 0 fully saturated rings. The van der Waals surface area contributed by atoms with Crippen LogP contribution in [-0.4, -0.2) is 36.3 Å². The number of hydrogen-bond donors (Lipinski definition) is 1. The van der Waals surface area contributed by atoms with Crippen LogP contribution in [0.25, 0.3) is 0 Å². The van der Waals surface area contributed by atoms with E-state index in [0.29, 0.717) is 36.6 Å². The molecule has 0 amide bonds. The van der Waals surface area contributed by atoms with E-state index in [4.69, 9.17) is 21.1 Å². The Balaban J connectivity index is 2.46. The molecule has 0 unspecified atom stereocenters. The van der Waals surface area contributed by atoms with E-state index >= 15 is 0 Å². The van der Waals surface area contributed by atoms with Crippen molar-refractivity contribution in [2.24, 2.45) is 0 Å². The van der Waals surface area contributed by atoms with E-state index in [0.717, 1.165) is 0 Å². The predicted molar refractivity (Wildman–Crippen MR) is 67.3 cm³/mol. The first-order valence-corrected chi connectivity index (χ1v) is 5.87. The second kappa shape index (κ2) is 7.42. The summed E-state index contributed by atoms with van der Waals surface area (Å²) in [5.74, 6) is 1.25. The van der Waals surface area contributed by atoms with Crippen molar-refractivity contribution >= 4 is 17.4 Å². The number of aromatic nitrogens is 2. The Hall–Kier alpha value is -0.910. The average molecular weight is 260 g/mol. The summed E-state index contributed by atoms with van der Waals surface area (Å²) in [5.41, 5.74) is 0. The summed E-state index contributed by atoms with van der Waals surface area (Å²) in [7, 11) is 1.59. The number of halogens is 1. The maximum atomic E-state index is 5.87. The summed E-state index contributed by atoms with van der Waals surface area (Å²) in [5, 5.41) is 3.53. The molecule has 0 atom stereocenters. The molecular weight excluding hydrogens is 242 g/mol. The van der Waals surface area contributed by atoms with Crippen molar-refractivity contribution < 1.29 is 9.47 Å². The molecule has 0 saturated heterocycles. The van der Waals surface area contributed by atoms with Crippen LogP contribution in [0.5, 0.6) is 0 Å². The molecule has 0 aromatic carbocycles. The molecule has 0 saturated carbocycles. The molecule has 1 heterocycles. The molecule has 0 aliphatic rings. The number of nitrogens with one attached hydrogen (secondary N) is 1. The van der Waals surface area contributed by atoms with Crippen molar-refractivity contribution in [2.75, 3.05) is 25.6 Å². The summed E-state index contributed by atoms with van der Waals surface area (Å²) in [4.78, 5) is 8.29. The van der Waals surface area contributed by atoms with Gasteiger partial charge in [-0.3, -0.25) is 0 Å². The Morgan fingerprint density at radius 1 is 1.41 bits per heavy atom. The van der Waals surface area contributed by atoms with Gasteiger partial charge in [0, 0.05) is 19.7 Å². The number of ether oxygens (including phenoxy) is 2. The Kier molecular flexibility index (Phi) is 6.18. The highest BCUT2D eigenvalue weighted by atomic mass is 35.5. The first kappa shape index (κ1) is 14.2. The summed E-state index contributed by atoms with van der Waals surface area (Å²) >= 11 is 5.87. The van der Waals surface area contributed by atoms with E-state index < -0.39 is 0 Å². The van der Waals surface area contributed by atoms with Crippen LogP contribution in [-0.2, 0) is 16.1 Å². The van der Waals surface area contributed by atoms with Crippen LogP contribution in [0.3, 0.4) is 0 Å². The topological polar surface area (TPSA) is 56.3 Å². The summed E-state index contributed by atoms with van der Waals surface area (Å²) in [6.45, 7) is 5.64. The van der Waals surface area contributed by atoms with Gasteiger partial charge >= 0.3 is 0 Å². The van der Waals surface area contributed by atoms with Gasteiger partial charge in [0.25, 0.3) is 0 Å². The van der Waals surface area contributed by atoms with Crippen molar-refractivity contribution in [2.45, 2.75) is 26.6 Å². The van der Waals surface area contributed by atoms with Crippen LogP contribution in [0.1, 0.15) is 19.7 Å². The highest BCUT2D eigenvalue weighted by Crippen LogP contribution is 2.11. The Morgan fingerprint density at radius 2 is 2.18 bits per heavy atom. The minimum Gasteiger partial charge on any atom is -0.377 e. The van der Waals surface area contributed by atoms with Crippen LogP contribution in [0.4, 0.5) is 5.82 Å². The van der Waals surface area contributed by atoms with Crippen molar-refractivity contribution in [3.63, 3.8) is 0 Å². The molecule has 17 heavy (non-hydrogen) atoms. The molecule has 0 aliphatic heterocycles. The lowest BCUT2D eigenvalue weighted by atomic mass is 10.5. The van der Waals surface area contributed by atoms with E-state index in [9.17, 15) is 0 Å². The van der Waals surface area contributed by atoms with E-state index in [1.165, 1.54) is 0 Å². The Morgan fingerprint density at radius 3 is 2.82 bits per heavy atom. The summed E-state index contributed by atoms with van der Waals surface area (Å²) in [6.07, 6.45) is 0.231. The third-order valence-electron chi connectivity index (χ3n) is 1.87. The van der Waals surface area contributed by atoms with E-state index in [2.05, 4.69) is 15.3 Å². The molecule has 0 radical (unpaired) electrons. The average Bonchev–Trinajstić information content (AvgIpc) is 2.24. The molecule has 1 rings (SSSR count). The third-order valence-corrected chi connectivity index (χ3v) is 2.07. The Bertz CT molecular complexity index is 347. The van der Waals surface area contributed by atoms with Gasteiger partial charge in [0.2, 0.25) is 0 Å². The van der Waals surface area contributed by atoms with Gasteiger partial charge < -0.3 is 14.8 Å². The smallest absolute Gasteiger partial charge is 0.158 e. The fraction of sp³-hybridized carbons (Fsp3) is 0.636. The standard InChI is InChI=1S/C11H18ClN3O2/c1-8(2)17-5-4-13-10-6-9(12)14-11(15-10)7-16-3/h6,8H,4-5,7H2,1-3H3,(H,13,14,15). The zero-order valence-corrected chi connectivity index (χ0v) is 11.1. The second-order valence-corrected chi connectivity index (χ2v) is 4.16. The summed E-state index contributed by atoms with van der Waals surface area (Å²) < 4.78 is 10.4. The molecule has 0 spiro atoms. The van der Waals surface area contributed by atoms with E-state index in [1.54, 1.807) is 13.2 Å². The van der Waals surface area contributed by atoms with Crippen LogP contribution >= 0.6 is 11.6 Å². The molecule has 1 N–H and O–H groups in total. The highest BCUT2D eigenvalue weighted by Gasteiger charge is 2.02. The van der Waals surface area contributed by atoms with Gasteiger partial charge in [0.1, 0.15) is 17.6 Å². The SMILES string of the molecule is COCc1nc(Cl)cc(NCCOC(C)C)n1. The maximum Gasteiger partial charge on any atom is 0.158 e. The van der Waals surface area contributed by atoms with Crippen LogP contribution in [0, 0.1) is 0 Å². The van der Waals surface area contributed by atoms with Crippen LogP contribution in [0.2, 0.25) is 5.15 Å². The van der Waals surface area contributed by atoms with Gasteiger partial charge in [0.05, 0.1) is 12.7 Å². The van der Waals surface area contributed by atoms with Gasteiger partial charge in [-0.05, 0) is 13.8 Å². The lowest BCUT2D eigenvalue weighted by Gasteiger charge is -2.10.